The maximum atomic E-state index is 12.4. The number of rotatable bonds is 9. The Morgan fingerprint density at radius 3 is 2.69 bits per heavy atom. The molecule has 10 heteroatoms. The number of ether oxygens (including phenoxy) is 1. The van der Waals surface area contributed by atoms with E-state index in [0.717, 1.165) is 22.8 Å². The first-order valence-electron chi connectivity index (χ1n) is 10.8. The molecule has 0 fully saturated rings. The van der Waals surface area contributed by atoms with Gasteiger partial charge in [0.15, 0.2) is 0 Å². The Bertz CT molecular complexity index is 1320. The number of amides is 1. The van der Waals surface area contributed by atoms with Crippen LogP contribution in [0, 0.1) is 0 Å². The second-order valence-electron chi connectivity index (χ2n) is 7.29. The zero-order valence-electron chi connectivity index (χ0n) is 18.8. The van der Waals surface area contributed by atoms with Crippen LogP contribution in [0.4, 0.5) is 0 Å². The molecule has 3 aromatic carbocycles. The zero-order valence-corrected chi connectivity index (χ0v) is 19.7. The van der Waals surface area contributed by atoms with E-state index in [2.05, 4.69) is 20.7 Å². The Morgan fingerprint density at radius 1 is 1.20 bits per heavy atom. The third-order valence-electron chi connectivity index (χ3n) is 4.84. The Hall–Kier alpha value is -4.31. The summed E-state index contributed by atoms with van der Waals surface area (Å²) in [5.41, 5.74) is 4.74. The van der Waals surface area contributed by atoms with Crippen LogP contribution in [0.15, 0.2) is 83.1 Å². The molecular formula is C25H23N5O4S. The highest BCUT2D eigenvalue weighted by Crippen LogP contribution is 2.22. The first kappa shape index (κ1) is 23.8. The minimum Gasteiger partial charge on any atom is -0.870 e. The van der Waals surface area contributed by atoms with Gasteiger partial charge in [-0.05, 0) is 66.7 Å². The fourth-order valence-electron chi connectivity index (χ4n) is 3.24. The van der Waals surface area contributed by atoms with Gasteiger partial charge in [0.2, 0.25) is 0 Å². The van der Waals surface area contributed by atoms with Crippen LogP contribution in [0.2, 0.25) is 0 Å². The summed E-state index contributed by atoms with van der Waals surface area (Å²) in [6.45, 7) is 2.51. The quantitative estimate of drug-likeness (QED) is 0.144. The molecule has 1 amide bonds. The molecule has 0 bridgehead atoms. The SMILES string of the molecule is CCOc1ccc(-[n+]2c(SCC(=O)NN=Cc3ccc([O-])c(O)c3)n[nH]c2-c2ccccc2)cc1. The summed E-state index contributed by atoms with van der Waals surface area (Å²) in [6, 6.07) is 21.4. The summed E-state index contributed by atoms with van der Waals surface area (Å²) in [7, 11) is 0. The fraction of sp³-hybridized carbons (Fsp3) is 0.120. The normalized spacial score (nSPS) is 11.0. The van der Waals surface area contributed by atoms with Crippen LogP contribution < -0.4 is 19.8 Å². The third-order valence-corrected chi connectivity index (χ3v) is 5.78. The van der Waals surface area contributed by atoms with Crippen molar-refractivity contribution in [3.63, 3.8) is 0 Å². The predicted molar refractivity (Wildman–Crippen MR) is 131 cm³/mol. The van der Waals surface area contributed by atoms with Crippen molar-refractivity contribution in [3.05, 3.63) is 78.4 Å². The molecule has 35 heavy (non-hydrogen) atoms. The molecule has 1 heterocycles. The monoisotopic (exact) mass is 489 g/mol. The number of phenolic OH excluding ortho intramolecular Hbond substituents is 1. The number of H-pyrrole nitrogens is 1. The van der Waals surface area contributed by atoms with Crippen molar-refractivity contribution >= 4 is 23.9 Å². The minimum absolute atomic E-state index is 0.0677. The van der Waals surface area contributed by atoms with E-state index in [1.807, 2.05) is 66.1 Å². The van der Waals surface area contributed by atoms with Gasteiger partial charge in [-0.25, -0.2) is 5.43 Å². The van der Waals surface area contributed by atoms with Crippen molar-refractivity contribution < 1.29 is 24.3 Å². The standard InChI is InChI=1S/C25H23N5O4S/c1-2-34-20-11-9-19(10-12-20)30-24(18-6-4-3-5-7-18)28-29-25(30)35-16-23(33)27-26-15-17-8-13-21(31)22(32)14-17/h3-15H,2,16H2,1H3,(H3,26,27,31,32,33). The molecule has 4 aromatic rings. The number of hydrogen-bond acceptors (Lipinski definition) is 7. The molecular weight excluding hydrogens is 466 g/mol. The number of aromatic hydroxyl groups is 1. The number of nitrogens with one attached hydrogen (secondary N) is 2. The number of hydrazone groups is 1. The van der Waals surface area contributed by atoms with Crippen molar-refractivity contribution in [2.24, 2.45) is 5.10 Å². The van der Waals surface area contributed by atoms with Gasteiger partial charge in [0.1, 0.15) is 17.2 Å². The second kappa shape index (κ2) is 11.2. The van der Waals surface area contributed by atoms with Gasteiger partial charge < -0.3 is 14.9 Å². The van der Waals surface area contributed by atoms with Crippen LogP contribution in [0.1, 0.15) is 12.5 Å². The van der Waals surface area contributed by atoms with Gasteiger partial charge in [0.05, 0.1) is 29.2 Å². The van der Waals surface area contributed by atoms with E-state index >= 15 is 0 Å². The number of phenols is 1. The Kier molecular flexibility index (Phi) is 7.63. The number of thioether (sulfide) groups is 1. The van der Waals surface area contributed by atoms with Crippen molar-refractivity contribution in [1.29, 1.82) is 0 Å². The van der Waals surface area contributed by atoms with E-state index in [-0.39, 0.29) is 17.4 Å². The number of benzene rings is 3. The highest BCUT2D eigenvalue weighted by molar-refractivity contribution is 7.99. The van der Waals surface area contributed by atoms with E-state index in [1.165, 1.54) is 36.2 Å². The van der Waals surface area contributed by atoms with E-state index in [0.29, 0.717) is 17.3 Å². The number of carbonyl (C=O) groups is 1. The number of aromatic amines is 1. The predicted octanol–water partition coefficient (Wildman–Crippen LogP) is 2.77. The molecule has 0 saturated carbocycles. The van der Waals surface area contributed by atoms with E-state index in [1.54, 1.807) is 0 Å². The highest BCUT2D eigenvalue weighted by atomic mass is 32.2. The molecule has 0 spiro atoms. The van der Waals surface area contributed by atoms with Gasteiger partial charge in [0, 0.05) is 0 Å². The lowest BCUT2D eigenvalue weighted by Gasteiger charge is -2.07. The molecule has 0 saturated heterocycles. The van der Waals surface area contributed by atoms with E-state index in [4.69, 9.17) is 4.74 Å². The van der Waals surface area contributed by atoms with Crippen molar-refractivity contribution in [3.8, 4) is 34.3 Å². The van der Waals surface area contributed by atoms with Crippen molar-refractivity contribution in [2.75, 3.05) is 12.4 Å². The molecule has 1 aromatic heterocycles. The molecule has 0 radical (unpaired) electrons. The lowest BCUT2D eigenvalue weighted by Crippen LogP contribution is -2.34. The molecule has 4 rings (SSSR count). The summed E-state index contributed by atoms with van der Waals surface area (Å²) < 4.78 is 7.49. The molecule has 178 valence electrons. The van der Waals surface area contributed by atoms with Crippen molar-refractivity contribution in [1.82, 2.24) is 15.6 Å². The Balaban J connectivity index is 1.50. The lowest BCUT2D eigenvalue weighted by molar-refractivity contribution is -0.625. The fourth-order valence-corrected chi connectivity index (χ4v) is 4.00. The van der Waals surface area contributed by atoms with Gasteiger partial charge in [-0.3, -0.25) is 4.79 Å². The molecule has 0 aliphatic heterocycles. The second-order valence-corrected chi connectivity index (χ2v) is 8.23. The summed E-state index contributed by atoms with van der Waals surface area (Å²) in [4.78, 5) is 12.4. The third kappa shape index (κ3) is 5.98. The van der Waals surface area contributed by atoms with Crippen LogP contribution in [-0.4, -0.2) is 39.8 Å². The van der Waals surface area contributed by atoms with E-state index < -0.39 is 5.75 Å². The average molecular weight is 490 g/mol. The smallest absolute Gasteiger partial charge is 0.342 e. The van der Waals surface area contributed by atoms with Gasteiger partial charge in [0.25, 0.3) is 11.7 Å². The topological polar surface area (TPSA) is 127 Å². The highest BCUT2D eigenvalue weighted by Gasteiger charge is 2.24. The van der Waals surface area contributed by atoms with E-state index in [9.17, 15) is 15.0 Å². The molecule has 0 aliphatic carbocycles. The minimum atomic E-state index is -0.475. The van der Waals surface area contributed by atoms with Crippen molar-refractivity contribution in [2.45, 2.75) is 12.1 Å². The van der Waals surface area contributed by atoms with Gasteiger partial charge >= 0.3 is 5.16 Å². The Morgan fingerprint density at radius 2 is 1.97 bits per heavy atom. The van der Waals surface area contributed by atoms with Crippen LogP contribution in [-0.2, 0) is 4.79 Å². The first-order chi connectivity index (χ1) is 17.0. The summed E-state index contributed by atoms with van der Waals surface area (Å²) in [5, 5.41) is 32.7. The number of carbonyl (C=O) groups excluding carboxylic acids is 1. The zero-order chi connectivity index (χ0) is 24.6. The number of nitrogens with zero attached hydrogens (tertiary/aromatic N) is 3. The van der Waals surface area contributed by atoms with Crippen LogP contribution in [0.25, 0.3) is 17.1 Å². The molecule has 0 aliphatic rings. The van der Waals surface area contributed by atoms with Crippen LogP contribution >= 0.6 is 11.8 Å². The van der Waals surface area contributed by atoms with Gasteiger partial charge in [-0.15, -0.1) is 5.10 Å². The van der Waals surface area contributed by atoms with Gasteiger partial charge in [-0.1, -0.05) is 36.1 Å². The lowest BCUT2D eigenvalue weighted by atomic mass is 10.2. The first-order valence-corrected chi connectivity index (χ1v) is 11.8. The van der Waals surface area contributed by atoms with Crippen LogP contribution in [0.5, 0.6) is 17.2 Å². The summed E-state index contributed by atoms with van der Waals surface area (Å²) in [6.07, 6.45) is 1.35. The maximum Gasteiger partial charge on any atom is 0.342 e. The summed E-state index contributed by atoms with van der Waals surface area (Å²) >= 11 is 1.25. The van der Waals surface area contributed by atoms with Gasteiger partial charge in [-0.2, -0.15) is 9.67 Å². The molecule has 3 N–H and O–H groups in total. The summed E-state index contributed by atoms with van der Waals surface area (Å²) in [5.74, 6) is 0.430. The molecule has 9 nitrogen and oxygen atoms in total. The van der Waals surface area contributed by atoms with Crippen LogP contribution in [0.3, 0.4) is 0 Å². The largest absolute Gasteiger partial charge is 0.870 e. The molecule has 0 atom stereocenters. The number of aromatic nitrogens is 3. The molecule has 0 unspecified atom stereocenters. The number of hydrogen-bond donors (Lipinski definition) is 3. The average Bonchev–Trinajstić information content (AvgIpc) is 3.30. The Labute approximate surface area is 206 Å². The maximum absolute atomic E-state index is 12.4.